The molecule has 0 saturated carbocycles. The minimum atomic E-state index is -0.761. The quantitative estimate of drug-likeness (QED) is 0.511. The van der Waals surface area contributed by atoms with Crippen molar-refractivity contribution in [3.63, 3.8) is 0 Å². The largest absolute Gasteiger partial charge is 0.468 e. The molecule has 1 amide bonds. The number of nitrogens with one attached hydrogen (secondary N) is 1. The number of rotatable bonds is 3. The van der Waals surface area contributed by atoms with Gasteiger partial charge >= 0.3 is 5.97 Å². The molecule has 0 bridgehead atoms. The third kappa shape index (κ3) is 4.02. The zero-order valence-electron chi connectivity index (χ0n) is 8.84. The van der Waals surface area contributed by atoms with Crippen molar-refractivity contribution >= 4 is 17.7 Å². The van der Waals surface area contributed by atoms with E-state index in [-0.39, 0.29) is 6.54 Å². The number of hydrogen-bond acceptors (Lipinski definition) is 4. The van der Waals surface area contributed by atoms with Gasteiger partial charge in [0.05, 0.1) is 7.11 Å². The number of ether oxygens (including phenoxy) is 1. The highest BCUT2D eigenvalue weighted by atomic mass is 16.5. The summed E-state index contributed by atoms with van der Waals surface area (Å²) >= 11 is 0. The van der Waals surface area contributed by atoms with Crippen LogP contribution in [0.1, 0.15) is 20.8 Å². The van der Waals surface area contributed by atoms with Crippen LogP contribution >= 0.6 is 0 Å². The maximum atomic E-state index is 11.3. The zero-order valence-corrected chi connectivity index (χ0v) is 8.84. The van der Waals surface area contributed by atoms with Crippen molar-refractivity contribution in [1.29, 1.82) is 0 Å². The molecule has 0 atom stereocenters. The van der Waals surface area contributed by atoms with Crippen molar-refractivity contribution in [2.45, 2.75) is 20.8 Å². The average molecular weight is 201 g/mol. The van der Waals surface area contributed by atoms with Gasteiger partial charge in [-0.2, -0.15) is 0 Å². The molecule has 0 aromatic heterocycles. The van der Waals surface area contributed by atoms with E-state index < -0.39 is 23.1 Å². The molecule has 0 aromatic rings. The van der Waals surface area contributed by atoms with Crippen LogP contribution in [0.4, 0.5) is 0 Å². The Balaban J connectivity index is 4.11. The first kappa shape index (κ1) is 12.6. The van der Waals surface area contributed by atoms with Gasteiger partial charge in [-0.15, -0.1) is 0 Å². The summed E-state index contributed by atoms with van der Waals surface area (Å²) in [6.07, 6.45) is 0. The Labute approximate surface area is 82.8 Å². The lowest BCUT2D eigenvalue weighted by molar-refractivity contribution is -0.145. The van der Waals surface area contributed by atoms with Gasteiger partial charge in [-0.1, -0.05) is 20.8 Å². The fourth-order valence-corrected chi connectivity index (χ4v) is 0.645. The molecule has 0 radical (unpaired) electrons. The van der Waals surface area contributed by atoms with E-state index in [1.54, 1.807) is 20.8 Å². The Morgan fingerprint density at radius 2 is 1.71 bits per heavy atom. The Bertz CT molecular complexity index is 252. The van der Waals surface area contributed by atoms with Crippen molar-refractivity contribution in [3.05, 3.63) is 0 Å². The topological polar surface area (TPSA) is 72.5 Å². The van der Waals surface area contributed by atoms with Crippen LogP contribution < -0.4 is 5.32 Å². The first-order valence-corrected chi connectivity index (χ1v) is 4.18. The second-order valence-corrected chi connectivity index (χ2v) is 3.84. The summed E-state index contributed by atoms with van der Waals surface area (Å²) < 4.78 is 4.30. The molecule has 1 N–H and O–H groups in total. The number of amides is 1. The third-order valence-corrected chi connectivity index (χ3v) is 1.51. The predicted octanol–water partition coefficient (Wildman–Crippen LogP) is -0.109. The molecule has 5 nitrogen and oxygen atoms in total. The van der Waals surface area contributed by atoms with Gasteiger partial charge in [-0.3, -0.25) is 14.4 Å². The van der Waals surface area contributed by atoms with E-state index in [9.17, 15) is 14.4 Å². The lowest BCUT2D eigenvalue weighted by Crippen LogP contribution is -2.40. The number of ketones is 1. The predicted molar refractivity (Wildman–Crippen MR) is 49.5 cm³/mol. The molecule has 0 heterocycles. The normalized spacial score (nSPS) is 10.6. The highest BCUT2D eigenvalue weighted by Crippen LogP contribution is 2.13. The molecule has 0 aliphatic heterocycles. The number of Topliss-reactive ketones (excluding diaryl/α,β-unsaturated/α-hetero) is 1. The molecule has 0 aliphatic carbocycles. The Morgan fingerprint density at radius 1 is 1.21 bits per heavy atom. The first-order valence-electron chi connectivity index (χ1n) is 4.18. The third-order valence-electron chi connectivity index (χ3n) is 1.51. The van der Waals surface area contributed by atoms with Crippen LogP contribution in [-0.4, -0.2) is 31.3 Å². The van der Waals surface area contributed by atoms with Crippen molar-refractivity contribution in [2.24, 2.45) is 5.41 Å². The number of esters is 1. The molecule has 14 heavy (non-hydrogen) atoms. The summed E-state index contributed by atoms with van der Waals surface area (Å²) in [5, 5.41) is 2.18. The summed E-state index contributed by atoms with van der Waals surface area (Å²) in [4.78, 5) is 33.1. The summed E-state index contributed by atoms with van der Waals surface area (Å²) in [5.41, 5.74) is -0.736. The van der Waals surface area contributed by atoms with Crippen LogP contribution in [0, 0.1) is 5.41 Å². The lowest BCUT2D eigenvalue weighted by atomic mass is 9.90. The smallest absolute Gasteiger partial charge is 0.325 e. The number of hydrogen-bond donors (Lipinski definition) is 1. The van der Waals surface area contributed by atoms with E-state index in [0.717, 1.165) is 0 Å². The first-order chi connectivity index (χ1) is 6.29. The minimum Gasteiger partial charge on any atom is -0.468 e. The molecule has 5 heteroatoms. The highest BCUT2D eigenvalue weighted by Gasteiger charge is 2.28. The zero-order chi connectivity index (χ0) is 11.4. The second kappa shape index (κ2) is 4.74. The Morgan fingerprint density at radius 3 is 2.07 bits per heavy atom. The van der Waals surface area contributed by atoms with Crippen LogP contribution in [0.2, 0.25) is 0 Å². The van der Waals surface area contributed by atoms with Crippen molar-refractivity contribution in [3.8, 4) is 0 Å². The van der Waals surface area contributed by atoms with Crippen molar-refractivity contribution in [2.75, 3.05) is 13.7 Å². The summed E-state index contributed by atoms with van der Waals surface area (Å²) in [7, 11) is 1.21. The second-order valence-electron chi connectivity index (χ2n) is 3.84. The lowest BCUT2D eigenvalue weighted by Gasteiger charge is -2.15. The average Bonchev–Trinajstić information content (AvgIpc) is 2.10. The van der Waals surface area contributed by atoms with Crippen LogP contribution in [0.5, 0.6) is 0 Å². The molecule has 80 valence electrons. The Kier molecular flexibility index (Phi) is 4.27. The molecule has 0 aliphatic rings. The summed E-state index contributed by atoms with van der Waals surface area (Å²) in [5.74, 6) is -1.90. The van der Waals surface area contributed by atoms with Crippen LogP contribution in [0.3, 0.4) is 0 Å². The fourth-order valence-electron chi connectivity index (χ4n) is 0.645. The molecular formula is C9H15NO4. The van der Waals surface area contributed by atoms with Gasteiger partial charge in [0.15, 0.2) is 0 Å². The van der Waals surface area contributed by atoms with Crippen LogP contribution in [-0.2, 0) is 19.1 Å². The van der Waals surface area contributed by atoms with E-state index in [2.05, 4.69) is 10.1 Å². The van der Waals surface area contributed by atoms with E-state index >= 15 is 0 Å². The van der Waals surface area contributed by atoms with E-state index in [0.29, 0.717) is 0 Å². The highest BCUT2D eigenvalue weighted by molar-refractivity contribution is 6.38. The van der Waals surface area contributed by atoms with Gasteiger partial charge in [-0.25, -0.2) is 0 Å². The number of carbonyl (C=O) groups excluding carboxylic acids is 3. The molecule has 0 unspecified atom stereocenters. The molecular weight excluding hydrogens is 186 g/mol. The van der Waals surface area contributed by atoms with E-state index in [1.807, 2.05) is 0 Å². The number of methoxy groups -OCH3 is 1. The van der Waals surface area contributed by atoms with E-state index in [1.165, 1.54) is 7.11 Å². The summed E-state index contributed by atoms with van der Waals surface area (Å²) in [6, 6.07) is 0. The minimum absolute atomic E-state index is 0.281. The van der Waals surface area contributed by atoms with Gasteiger partial charge in [0.25, 0.3) is 5.91 Å². The van der Waals surface area contributed by atoms with Crippen molar-refractivity contribution < 1.29 is 19.1 Å². The maximum absolute atomic E-state index is 11.3. The molecule has 0 aromatic carbocycles. The SMILES string of the molecule is COC(=O)CNC(=O)C(=O)C(C)(C)C. The summed E-state index contributed by atoms with van der Waals surface area (Å²) in [6.45, 7) is 4.62. The van der Waals surface area contributed by atoms with E-state index in [4.69, 9.17) is 0 Å². The van der Waals surface area contributed by atoms with Crippen molar-refractivity contribution in [1.82, 2.24) is 5.32 Å². The fraction of sp³-hybridized carbons (Fsp3) is 0.667. The maximum Gasteiger partial charge on any atom is 0.325 e. The molecule has 0 saturated heterocycles. The monoisotopic (exact) mass is 201 g/mol. The molecule has 0 fully saturated rings. The van der Waals surface area contributed by atoms with Gasteiger partial charge in [0, 0.05) is 5.41 Å². The molecule has 0 spiro atoms. The molecule has 0 rings (SSSR count). The van der Waals surface area contributed by atoms with Crippen LogP contribution in [0.25, 0.3) is 0 Å². The van der Waals surface area contributed by atoms with Gasteiger partial charge < -0.3 is 10.1 Å². The number of carbonyl (C=O) groups is 3. The van der Waals surface area contributed by atoms with Gasteiger partial charge in [0.2, 0.25) is 5.78 Å². The standard InChI is InChI=1S/C9H15NO4/c1-9(2,3)7(12)8(13)10-5-6(11)14-4/h5H2,1-4H3,(H,10,13). The van der Waals surface area contributed by atoms with Gasteiger partial charge in [0.1, 0.15) is 6.54 Å². The van der Waals surface area contributed by atoms with Crippen LogP contribution in [0.15, 0.2) is 0 Å². The Hall–Kier alpha value is -1.39. The van der Waals surface area contributed by atoms with Gasteiger partial charge in [-0.05, 0) is 0 Å².